The van der Waals surface area contributed by atoms with Crippen molar-refractivity contribution in [3.05, 3.63) is 6.07 Å². The van der Waals surface area contributed by atoms with Crippen molar-refractivity contribution < 1.29 is 0 Å². The number of hydrogen-bond donors (Lipinski definition) is 3. The van der Waals surface area contributed by atoms with E-state index in [2.05, 4.69) is 32.5 Å². The Morgan fingerprint density at radius 1 is 1.37 bits per heavy atom. The van der Waals surface area contributed by atoms with E-state index in [4.69, 9.17) is 5.84 Å². The number of hydrazine groups is 1. The molecule has 0 saturated carbocycles. The lowest BCUT2D eigenvalue weighted by Gasteiger charge is -2.21. The molecule has 1 atom stereocenters. The molecule has 0 aromatic carbocycles. The topological polar surface area (TPSA) is 79.1 Å². The summed E-state index contributed by atoms with van der Waals surface area (Å²) in [7, 11) is 0. The van der Waals surface area contributed by atoms with E-state index >= 15 is 0 Å². The molecular formula is C12H22N6S. The van der Waals surface area contributed by atoms with Gasteiger partial charge in [0.25, 0.3) is 0 Å². The Hall–Kier alpha value is -1.05. The third-order valence-corrected chi connectivity index (χ3v) is 3.71. The number of likely N-dealkylation sites (tertiary alicyclic amines) is 1. The van der Waals surface area contributed by atoms with Crippen molar-refractivity contribution in [2.75, 3.05) is 36.6 Å². The van der Waals surface area contributed by atoms with Crippen molar-refractivity contribution in [3.8, 4) is 0 Å². The van der Waals surface area contributed by atoms with Crippen LogP contribution >= 0.6 is 11.8 Å². The third-order valence-electron chi connectivity index (χ3n) is 3.16. The minimum atomic E-state index is 0.355. The van der Waals surface area contributed by atoms with Gasteiger partial charge in [0.15, 0.2) is 5.16 Å². The summed E-state index contributed by atoms with van der Waals surface area (Å²) in [6.07, 6.45) is 4.59. The minimum Gasteiger partial charge on any atom is -0.366 e. The molecule has 0 amide bonds. The first-order valence-electron chi connectivity index (χ1n) is 6.60. The van der Waals surface area contributed by atoms with Gasteiger partial charge in [-0.2, -0.15) is 0 Å². The Bertz CT molecular complexity index is 385. The molecule has 0 aliphatic carbocycles. The number of thioether (sulfide) groups is 1. The molecule has 6 nitrogen and oxygen atoms in total. The molecule has 0 spiro atoms. The lowest BCUT2D eigenvalue weighted by molar-refractivity contribution is 0.327. The molecule has 4 N–H and O–H groups in total. The second-order valence-electron chi connectivity index (χ2n) is 4.82. The fourth-order valence-corrected chi connectivity index (χ4v) is 2.69. The zero-order valence-electron chi connectivity index (χ0n) is 11.5. The van der Waals surface area contributed by atoms with Crippen LogP contribution in [0.15, 0.2) is 11.2 Å². The van der Waals surface area contributed by atoms with Gasteiger partial charge in [0.1, 0.15) is 11.6 Å². The second kappa shape index (κ2) is 6.93. The molecule has 0 bridgehead atoms. The van der Waals surface area contributed by atoms with Crippen molar-refractivity contribution in [1.82, 2.24) is 14.9 Å². The zero-order chi connectivity index (χ0) is 13.7. The van der Waals surface area contributed by atoms with Crippen LogP contribution in [0.4, 0.5) is 11.6 Å². The van der Waals surface area contributed by atoms with Gasteiger partial charge in [0.05, 0.1) is 0 Å². The monoisotopic (exact) mass is 282 g/mol. The van der Waals surface area contributed by atoms with Gasteiger partial charge >= 0.3 is 0 Å². The first-order valence-corrected chi connectivity index (χ1v) is 7.82. The molecule has 1 aromatic heterocycles. The van der Waals surface area contributed by atoms with E-state index in [1.807, 2.05) is 12.3 Å². The summed E-state index contributed by atoms with van der Waals surface area (Å²) in [5.41, 5.74) is 2.57. The smallest absolute Gasteiger partial charge is 0.191 e. The maximum absolute atomic E-state index is 5.42. The lowest BCUT2D eigenvalue weighted by atomic mass is 10.3. The summed E-state index contributed by atoms with van der Waals surface area (Å²) >= 11 is 1.50. The van der Waals surface area contributed by atoms with Crippen molar-refractivity contribution in [2.24, 2.45) is 5.84 Å². The number of nitrogen functional groups attached to an aromatic ring is 1. The quantitative estimate of drug-likeness (QED) is 0.315. The van der Waals surface area contributed by atoms with Gasteiger partial charge in [-0.1, -0.05) is 11.8 Å². The van der Waals surface area contributed by atoms with Gasteiger partial charge in [-0.15, -0.1) is 0 Å². The van der Waals surface area contributed by atoms with Crippen molar-refractivity contribution >= 4 is 23.4 Å². The summed E-state index contributed by atoms with van der Waals surface area (Å²) in [5.74, 6) is 6.87. The number of nitrogens with zero attached hydrogens (tertiary/aromatic N) is 3. The van der Waals surface area contributed by atoms with E-state index in [0.29, 0.717) is 17.0 Å². The highest BCUT2D eigenvalue weighted by atomic mass is 32.2. The van der Waals surface area contributed by atoms with E-state index in [1.54, 1.807) is 0 Å². The van der Waals surface area contributed by atoms with Crippen molar-refractivity contribution in [3.63, 3.8) is 0 Å². The Morgan fingerprint density at radius 2 is 2.05 bits per heavy atom. The van der Waals surface area contributed by atoms with E-state index in [0.717, 1.165) is 12.4 Å². The van der Waals surface area contributed by atoms with Crippen molar-refractivity contribution in [1.29, 1.82) is 0 Å². The van der Waals surface area contributed by atoms with Crippen LogP contribution in [0.2, 0.25) is 0 Å². The van der Waals surface area contributed by atoms with Gasteiger partial charge in [0.2, 0.25) is 0 Å². The molecule has 1 aliphatic heterocycles. The highest BCUT2D eigenvalue weighted by molar-refractivity contribution is 7.98. The zero-order valence-corrected chi connectivity index (χ0v) is 12.3. The summed E-state index contributed by atoms with van der Waals surface area (Å²) < 4.78 is 0. The maximum Gasteiger partial charge on any atom is 0.191 e. The Balaban J connectivity index is 1.96. The molecule has 0 radical (unpaired) electrons. The molecule has 1 unspecified atom stereocenters. The summed E-state index contributed by atoms with van der Waals surface area (Å²) in [4.78, 5) is 11.2. The molecule has 1 saturated heterocycles. The maximum atomic E-state index is 5.42. The summed E-state index contributed by atoms with van der Waals surface area (Å²) in [6.45, 7) is 5.64. The molecule has 1 aliphatic rings. The number of nitrogens with two attached hydrogens (primary N) is 1. The standard InChI is InChI=1S/C12H22N6S/c1-9(8-18-5-3-4-6-18)14-10-7-11(17-13)16-12(15-10)19-2/h7,9H,3-6,8,13H2,1-2H3,(H2,14,15,16,17). The third kappa shape index (κ3) is 4.22. The molecule has 1 aromatic rings. The van der Waals surface area contributed by atoms with Crippen LogP contribution in [0.1, 0.15) is 19.8 Å². The Labute approximate surface area is 118 Å². The van der Waals surface area contributed by atoms with Crippen LogP contribution in [0.5, 0.6) is 0 Å². The van der Waals surface area contributed by atoms with Gasteiger partial charge < -0.3 is 15.6 Å². The van der Waals surface area contributed by atoms with E-state index in [9.17, 15) is 0 Å². The van der Waals surface area contributed by atoms with Gasteiger partial charge in [0, 0.05) is 18.7 Å². The van der Waals surface area contributed by atoms with E-state index < -0.39 is 0 Å². The van der Waals surface area contributed by atoms with E-state index in [1.165, 1.54) is 37.7 Å². The van der Waals surface area contributed by atoms with Gasteiger partial charge in [-0.05, 0) is 39.1 Å². The Morgan fingerprint density at radius 3 is 2.68 bits per heavy atom. The first-order chi connectivity index (χ1) is 9.21. The van der Waals surface area contributed by atoms with Crippen LogP contribution in [0.25, 0.3) is 0 Å². The Kier molecular flexibility index (Phi) is 5.24. The SMILES string of the molecule is CSc1nc(NN)cc(NC(C)CN2CCCC2)n1. The number of rotatable bonds is 6. The molecule has 2 rings (SSSR count). The fraction of sp³-hybridized carbons (Fsp3) is 0.667. The van der Waals surface area contributed by atoms with Crippen LogP contribution in [-0.4, -0.2) is 46.8 Å². The van der Waals surface area contributed by atoms with Gasteiger partial charge in [-0.25, -0.2) is 15.8 Å². The lowest BCUT2D eigenvalue weighted by Crippen LogP contribution is -2.33. The van der Waals surface area contributed by atoms with Crippen LogP contribution in [-0.2, 0) is 0 Å². The number of aromatic nitrogens is 2. The normalized spacial score (nSPS) is 17.4. The van der Waals surface area contributed by atoms with Crippen molar-refractivity contribution in [2.45, 2.75) is 31.0 Å². The number of nitrogens with one attached hydrogen (secondary N) is 2. The highest BCUT2D eigenvalue weighted by Crippen LogP contribution is 2.17. The molecule has 106 valence electrons. The van der Waals surface area contributed by atoms with Crippen LogP contribution in [0, 0.1) is 0 Å². The summed E-state index contributed by atoms with van der Waals surface area (Å²) in [5, 5.41) is 4.13. The number of anilines is 2. The fourth-order valence-electron chi connectivity index (χ4n) is 2.31. The highest BCUT2D eigenvalue weighted by Gasteiger charge is 2.15. The molecule has 1 fully saturated rings. The molecule has 19 heavy (non-hydrogen) atoms. The average molecular weight is 282 g/mol. The minimum absolute atomic E-state index is 0.355. The number of hydrogen-bond acceptors (Lipinski definition) is 7. The largest absolute Gasteiger partial charge is 0.366 e. The summed E-state index contributed by atoms with van der Waals surface area (Å²) in [6, 6.07) is 2.19. The predicted octanol–water partition coefficient (Wildman–Crippen LogP) is 1.38. The van der Waals surface area contributed by atoms with E-state index in [-0.39, 0.29) is 0 Å². The molecule has 2 heterocycles. The predicted molar refractivity (Wildman–Crippen MR) is 80.4 cm³/mol. The van der Waals surface area contributed by atoms with Crippen LogP contribution < -0.4 is 16.6 Å². The van der Waals surface area contributed by atoms with Crippen LogP contribution in [0.3, 0.4) is 0 Å². The average Bonchev–Trinajstić information content (AvgIpc) is 2.90. The molecular weight excluding hydrogens is 260 g/mol. The molecule has 7 heteroatoms. The second-order valence-corrected chi connectivity index (χ2v) is 5.60. The van der Waals surface area contributed by atoms with Gasteiger partial charge in [-0.3, -0.25) is 0 Å². The first kappa shape index (κ1) is 14.4.